The summed E-state index contributed by atoms with van der Waals surface area (Å²) in [5.74, 6) is -1.17. The minimum Gasteiger partial charge on any atom is -0.396 e. The number of hydrogen-bond donors (Lipinski definition) is 4. The quantitative estimate of drug-likeness (QED) is 0.253. The van der Waals surface area contributed by atoms with E-state index in [1.807, 2.05) is 48.6 Å². The summed E-state index contributed by atoms with van der Waals surface area (Å²) in [6.45, 7) is 7.19. The fraction of sp³-hybridized carbons (Fsp3) is 0.172. The second-order valence-corrected chi connectivity index (χ2v) is 9.78. The van der Waals surface area contributed by atoms with Crippen molar-refractivity contribution >= 4 is 33.8 Å². The molecule has 0 spiro atoms. The summed E-state index contributed by atoms with van der Waals surface area (Å²) >= 11 is 0. The van der Waals surface area contributed by atoms with Gasteiger partial charge in [-0.3, -0.25) is 9.59 Å². The van der Waals surface area contributed by atoms with E-state index in [1.165, 1.54) is 18.2 Å². The normalized spacial score (nSPS) is 11.8. The first-order valence-corrected chi connectivity index (χ1v) is 11.8. The Morgan fingerprint density at radius 3 is 2.51 bits per heavy atom. The lowest BCUT2D eigenvalue weighted by molar-refractivity contribution is 0.0787. The number of nitrogens with one attached hydrogen (secondary N) is 2. The number of aliphatic hydroxyl groups is 1. The van der Waals surface area contributed by atoms with Crippen molar-refractivity contribution in [2.75, 3.05) is 11.1 Å². The molecule has 8 heteroatoms. The molecule has 5 aromatic rings. The molecule has 0 saturated carbocycles. The summed E-state index contributed by atoms with van der Waals surface area (Å²) in [4.78, 5) is 28.9. The molecule has 0 saturated heterocycles. The zero-order chi connectivity index (χ0) is 26.6. The summed E-state index contributed by atoms with van der Waals surface area (Å²) in [5.41, 5.74) is 10.7. The Labute approximate surface area is 212 Å². The average molecular weight is 499 g/mol. The third-order valence-electron chi connectivity index (χ3n) is 6.75. The van der Waals surface area contributed by atoms with Crippen LogP contribution in [-0.4, -0.2) is 20.4 Å². The van der Waals surface area contributed by atoms with E-state index in [0.29, 0.717) is 22.3 Å². The Kier molecular flexibility index (Phi) is 5.64. The second-order valence-electron chi connectivity index (χ2n) is 9.78. The molecule has 0 aliphatic carbocycles. The third-order valence-corrected chi connectivity index (χ3v) is 6.75. The highest BCUT2D eigenvalue weighted by molar-refractivity contribution is 6.08. The van der Waals surface area contributed by atoms with Crippen molar-refractivity contribution in [3.05, 3.63) is 99.1 Å². The molecule has 37 heavy (non-hydrogen) atoms. The fourth-order valence-electron chi connectivity index (χ4n) is 4.74. The molecule has 0 radical (unpaired) electrons. The van der Waals surface area contributed by atoms with E-state index in [4.69, 9.17) is 5.73 Å². The van der Waals surface area contributed by atoms with Gasteiger partial charge in [0.15, 0.2) is 0 Å². The first kappa shape index (κ1) is 24.3. The number of aromatic nitrogens is 2. The van der Waals surface area contributed by atoms with Crippen molar-refractivity contribution in [2.45, 2.75) is 33.3 Å². The van der Waals surface area contributed by atoms with Gasteiger partial charge in [-0.2, -0.15) is 0 Å². The molecule has 0 atom stereocenters. The van der Waals surface area contributed by atoms with E-state index >= 15 is 0 Å². The number of hydrogen-bond acceptors (Lipinski definition) is 4. The zero-order valence-corrected chi connectivity index (χ0v) is 20.9. The van der Waals surface area contributed by atoms with Crippen LogP contribution in [-0.2, 0) is 5.60 Å². The number of amides is 1. The number of nitrogen functional groups attached to an aromatic ring is 1. The van der Waals surface area contributed by atoms with Gasteiger partial charge in [0, 0.05) is 11.3 Å². The van der Waals surface area contributed by atoms with E-state index < -0.39 is 17.3 Å². The smallest absolute Gasteiger partial charge is 0.272 e. The van der Waals surface area contributed by atoms with E-state index in [1.54, 1.807) is 26.0 Å². The minimum absolute atomic E-state index is 0.0502. The van der Waals surface area contributed by atoms with E-state index in [2.05, 4.69) is 10.3 Å². The molecule has 0 aliphatic heterocycles. The predicted octanol–water partition coefficient (Wildman–Crippen LogP) is 5.27. The molecular formula is C29H27FN4O3. The zero-order valence-electron chi connectivity index (χ0n) is 20.9. The summed E-state index contributed by atoms with van der Waals surface area (Å²) in [6, 6.07) is 16.9. The number of para-hydroxylation sites is 1. The van der Waals surface area contributed by atoms with Crippen LogP contribution < -0.4 is 16.6 Å². The van der Waals surface area contributed by atoms with Crippen LogP contribution in [0.5, 0.6) is 0 Å². The summed E-state index contributed by atoms with van der Waals surface area (Å²) in [6.07, 6.45) is 0. The maximum absolute atomic E-state index is 13.9. The molecule has 2 aromatic heterocycles. The highest BCUT2D eigenvalue weighted by Crippen LogP contribution is 2.35. The molecule has 7 nitrogen and oxygen atoms in total. The van der Waals surface area contributed by atoms with E-state index in [0.717, 1.165) is 27.9 Å². The number of rotatable bonds is 4. The van der Waals surface area contributed by atoms with Crippen molar-refractivity contribution in [2.24, 2.45) is 0 Å². The number of aryl methyl sites for hydroxylation is 1. The Morgan fingerprint density at radius 1 is 1.05 bits per heavy atom. The SMILES string of the molecule is Cc1cc2c(=O)[nH]c3cc(C(C)(C)O)ccc3n2c1-c1cccc(NC(=O)c2cccc(F)c2N)c1C. The van der Waals surface area contributed by atoms with Crippen molar-refractivity contribution in [1.82, 2.24) is 9.38 Å². The van der Waals surface area contributed by atoms with Crippen LogP contribution in [0, 0.1) is 19.7 Å². The highest BCUT2D eigenvalue weighted by atomic mass is 19.1. The number of carbonyl (C=O) groups excluding carboxylic acids is 1. The van der Waals surface area contributed by atoms with Gasteiger partial charge in [-0.1, -0.05) is 24.3 Å². The first-order valence-electron chi connectivity index (χ1n) is 11.8. The molecule has 5 N–H and O–H groups in total. The van der Waals surface area contributed by atoms with Crippen molar-refractivity contribution < 1.29 is 14.3 Å². The molecule has 188 valence electrons. The van der Waals surface area contributed by atoms with Crippen molar-refractivity contribution in [3.63, 3.8) is 0 Å². The summed E-state index contributed by atoms with van der Waals surface area (Å²) in [5, 5.41) is 13.3. The number of halogens is 1. The number of anilines is 2. The van der Waals surface area contributed by atoms with Gasteiger partial charge in [-0.25, -0.2) is 4.39 Å². The van der Waals surface area contributed by atoms with Crippen molar-refractivity contribution in [3.8, 4) is 11.3 Å². The summed E-state index contributed by atoms with van der Waals surface area (Å²) < 4.78 is 15.8. The van der Waals surface area contributed by atoms with E-state index in [9.17, 15) is 19.1 Å². The number of fused-ring (bicyclic) bond motifs is 3. The van der Waals surface area contributed by atoms with Crippen LogP contribution in [0.4, 0.5) is 15.8 Å². The molecule has 0 fully saturated rings. The lowest BCUT2D eigenvalue weighted by Gasteiger charge is -2.19. The molecule has 5 rings (SSSR count). The van der Waals surface area contributed by atoms with Gasteiger partial charge in [-0.05, 0) is 80.8 Å². The van der Waals surface area contributed by atoms with Crippen molar-refractivity contribution in [1.29, 1.82) is 0 Å². The Morgan fingerprint density at radius 2 is 1.78 bits per heavy atom. The topological polar surface area (TPSA) is 113 Å². The van der Waals surface area contributed by atoms with Crippen LogP contribution in [0.25, 0.3) is 27.8 Å². The lowest BCUT2D eigenvalue weighted by atomic mass is 9.98. The monoisotopic (exact) mass is 498 g/mol. The number of carbonyl (C=O) groups is 1. The number of nitrogens with two attached hydrogens (primary N) is 1. The second kappa shape index (κ2) is 8.60. The molecule has 1 amide bonds. The maximum atomic E-state index is 13.9. The van der Waals surface area contributed by atoms with Gasteiger partial charge < -0.3 is 25.5 Å². The summed E-state index contributed by atoms with van der Waals surface area (Å²) in [7, 11) is 0. The molecular weight excluding hydrogens is 471 g/mol. The largest absolute Gasteiger partial charge is 0.396 e. The molecule has 0 aliphatic rings. The number of nitrogens with zero attached hydrogens (tertiary/aromatic N) is 1. The van der Waals surface area contributed by atoms with E-state index in [-0.39, 0.29) is 16.8 Å². The van der Waals surface area contributed by atoms with Gasteiger partial charge >= 0.3 is 0 Å². The average Bonchev–Trinajstić information content (AvgIpc) is 3.19. The number of benzene rings is 3. The van der Waals surface area contributed by atoms with Gasteiger partial charge in [0.05, 0.1) is 33.6 Å². The van der Waals surface area contributed by atoms with Gasteiger partial charge in [0.25, 0.3) is 11.5 Å². The molecule has 2 heterocycles. The van der Waals surface area contributed by atoms with Crippen LogP contribution in [0.1, 0.15) is 40.9 Å². The Bertz CT molecular complexity index is 1780. The lowest BCUT2D eigenvalue weighted by Crippen LogP contribution is -2.17. The van der Waals surface area contributed by atoms with Crippen LogP contribution in [0.2, 0.25) is 0 Å². The number of aromatic amines is 1. The number of H-pyrrole nitrogens is 1. The predicted molar refractivity (Wildman–Crippen MR) is 144 cm³/mol. The van der Waals surface area contributed by atoms with Crippen LogP contribution in [0.15, 0.2) is 65.5 Å². The molecule has 0 unspecified atom stereocenters. The molecule has 3 aromatic carbocycles. The molecule has 0 bridgehead atoms. The first-order chi connectivity index (χ1) is 17.5. The van der Waals surface area contributed by atoms with Crippen LogP contribution in [0.3, 0.4) is 0 Å². The minimum atomic E-state index is -1.07. The third kappa shape index (κ3) is 4.05. The maximum Gasteiger partial charge on any atom is 0.272 e. The Balaban J connectivity index is 1.68. The standard InChI is InChI=1S/C29H27FN4O3/c1-15-13-24-28(36)33-22-14-17(29(3,4)37)11-12-23(22)34(24)26(15)18-7-6-10-21(16(18)2)32-27(35)19-8-5-9-20(30)25(19)31/h5-14,37H,31H2,1-4H3,(H,32,35)(H,33,36). The van der Waals surface area contributed by atoms with Gasteiger partial charge in [0.2, 0.25) is 0 Å². The Hall–Kier alpha value is -4.43. The van der Waals surface area contributed by atoms with Gasteiger partial charge in [0.1, 0.15) is 11.3 Å². The van der Waals surface area contributed by atoms with Gasteiger partial charge in [-0.15, -0.1) is 0 Å². The highest BCUT2D eigenvalue weighted by Gasteiger charge is 2.21. The fourth-order valence-corrected chi connectivity index (χ4v) is 4.74. The van der Waals surface area contributed by atoms with Crippen LogP contribution >= 0.6 is 0 Å².